The van der Waals surface area contributed by atoms with Crippen molar-refractivity contribution < 1.29 is 14.3 Å². The third-order valence-electron chi connectivity index (χ3n) is 2.18. The van der Waals surface area contributed by atoms with E-state index in [1.54, 1.807) is 33.3 Å². The van der Waals surface area contributed by atoms with Crippen LogP contribution in [0.5, 0.6) is 11.5 Å². The standard InChI is InChI=1S/C12H16N2O3/c1-8(13-14-9(2)15)10-5-6-11(16-3)12(7-10)17-4/h5-7H,1-4H3,(H,14,15). The van der Waals surface area contributed by atoms with Gasteiger partial charge in [0, 0.05) is 12.5 Å². The number of benzene rings is 1. The number of rotatable bonds is 4. The molecule has 0 aliphatic rings. The molecule has 0 fully saturated rings. The maximum absolute atomic E-state index is 10.7. The first-order chi connectivity index (χ1) is 8.08. The summed E-state index contributed by atoms with van der Waals surface area (Å²) in [5, 5.41) is 3.95. The van der Waals surface area contributed by atoms with E-state index in [1.807, 2.05) is 6.07 Å². The number of hydrogen-bond acceptors (Lipinski definition) is 4. The molecular weight excluding hydrogens is 220 g/mol. The van der Waals surface area contributed by atoms with E-state index in [0.29, 0.717) is 17.2 Å². The van der Waals surface area contributed by atoms with Crippen molar-refractivity contribution in [3.8, 4) is 11.5 Å². The van der Waals surface area contributed by atoms with Crippen LogP contribution in [0.4, 0.5) is 0 Å². The lowest BCUT2D eigenvalue weighted by Gasteiger charge is -2.09. The van der Waals surface area contributed by atoms with Gasteiger partial charge in [-0.3, -0.25) is 4.79 Å². The summed E-state index contributed by atoms with van der Waals surface area (Å²) in [4.78, 5) is 10.7. The molecule has 0 heterocycles. The van der Waals surface area contributed by atoms with Gasteiger partial charge in [0.2, 0.25) is 5.91 Å². The van der Waals surface area contributed by atoms with E-state index in [-0.39, 0.29) is 5.91 Å². The Morgan fingerprint density at radius 1 is 1.18 bits per heavy atom. The van der Waals surface area contributed by atoms with E-state index in [4.69, 9.17) is 9.47 Å². The lowest BCUT2D eigenvalue weighted by atomic mass is 10.1. The number of carbonyl (C=O) groups is 1. The number of amides is 1. The number of hydrogen-bond donors (Lipinski definition) is 1. The largest absolute Gasteiger partial charge is 0.493 e. The summed E-state index contributed by atoms with van der Waals surface area (Å²) < 4.78 is 10.3. The van der Waals surface area contributed by atoms with Crippen LogP contribution < -0.4 is 14.9 Å². The summed E-state index contributed by atoms with van der Waals surface area (Å²) in [6.07, 6.45) is 0. The van der Waals surface area contributed by atoms with Gasteiger partial charge in [-0.1, -0.05) is 0 Å². The first-order valence-electron chi connectivity index (χ1n) is 5.11. The zero-order valence-electron chi connectivity index (χ0n) is 10.4. The average Bonchev–Trinajstić information content (AvgIpc) is 2.34. The lowest BCUT2D eigenvalue weighted by molar-refractivity contribution is -0.118. The molecular formula is C12H16N2O3. The maximum Gasteiger partial charge on any atom is 0.236 e. The number of nitrogens with one attached hydrogen (secondary N) is 1. The number of methoxy groups -OCH3 is 2. The molecule has 1 aromatic rings. The number of nitrogens with zero attached hydrogens (tertiary/aromatic N) is 1. The van der Waals surface area contributed by atoms with Crippen LogP contribution in [0.3, 0.4) is 0 Å². The van der Waals surface area contributed by atoms with E-state index < -0.39 is 0 Å². The van der Waals surface area contributed by atoms with Crippen LogP contribution in [0.25, 0.3) is 0 Å². The van der Waals surface area contributed by atoms with Crippen molar-refractivity contribution in [2.24, 2.45) is 5.10 Å². The number of ether oxygens (including phenoxy) is 2. The highest BCUT2D eigenvalue weighted by Crippen LogP contribution is 2.27. The molecule has 0 radical (unpaired) electrons. The molecule has 0 spiro atoms. The molecule has 92 valence electrons. The van der Waals surface area contributed by atoms with Crippen molar-refractivity contribution in [3.05, 3.63) is 23.8 Å². The number of carbonyl (C=O) groups excluding carboxylic acids is 1. The van der Waals surface area contributed by atoms with Crippen LogP contribution in [0.2, 0.25) is 0 Å². The molecule has 0 saturated carbocycles. The summed E-state index contributed by atoms with van der Waals surface area (Å²) in [5.74, 6) is 1.08. The SMILES string of the molecule is COc1ccc(C(C)=NNC(C)=O)cc1OC. The van der Waals surface area contributed by atoms with Crippen molar-refractivity contribution in [2.45, 2.75) is 13.8 Å². The smallest absolute Gasteiger partial charge is 0.236 e. The summed E-state index contributed by atoms with van der Waals surface area (Å²) in [7, 11) is 3.15. The van der Waals surface area contributed by atoms with Gasteiger partial charge < -0.3 is 9.47 Å². The van der Waals surface area contributed by atoms with Crippen LogP contribution >= 0.6 is 0 Å². The first kappa shape index (κ1) is 13.0. The Labute approximate surface area is 100 Å². The van der Waals surface area contributed by atoms with Gasteiger partial charge in [0.15, 0.2) is 11.5 Å². The minimum atomic E-state index is -0.204. The van der Waals surface area contributed by atoms with Gasteiger partial charge in [-0.05, 0) is 25.1 Å². The van der Waals surface area contributed by atoms with Gasteiger partial charge in [-0.2, -0.15) is 5.10 Å². The molecule has 5 heteroatoms. The van der Waals surface area contributed by atoms with Crippen molar-refractivity contribution in [2.75, 3.05) is 14.2 Å². The molecule has 5 nitrogen and oxygen atoms in total. The molecule has 0 aliphatic heterocycles. The van der Waals surface area contributed by atoms with E-state index in [9.17, 15) is 4.79 Å². The Kier molecular flexibility index (Phi) is 4.51. The molecule has 0 aromatic heterocycles. The van der Waals surface area contributed by atoms with Crippen LogP contribution in [-0.4, -0.2) is 25.8 Å². The third kappa shape index (κ3) is 3.48. The Balaban J connectivity index is 2.99. The quantitative estimate of drug-likeness (QED) is 0.637. The molecule has 0 saturated heterocycles. The molecule has 1 amide bonds. The summed E-state index contributed by atoms with van der Waals surface area (Å²) in [6.45, 7) is 3.21. The molecule has 1 aromatic carbocycles. The average molecular weight is 236 g/mol. The molecule has 0 unspecified atom stereocenters. The molecule has 17 heavy (non-hydrogen) atoms. The zero-order chi connectivity index (χ0) is 12.8. The van der Waals surface area contributed by atoms with E-state index in [0.717, 1.165) is 5.56 Å². The molecule has 1 rings (SSSR count). The van der Waals surface area contributed by atoms with E-state index in [1.165, 1.54) is 6.92 Å². The van der Waals surface area contributed by atoms with Gasteiger partial charge in [0.1, 0.15) is 0 Å². The fourth-order valence-corrected chi connectivity index (χ4v) is 1.29. The van der Waals surface area contributed by atoms with Crippen LogP contribution in [0, 0.1) is 0 Å². The predicted octanol–water partition coefficient (Wildman–Crippen LogP) is 1.56. The monoisotopic (exact) mass is 236 g/mol. The lowest BCUT2D eigenvalue weighted by Crippen LogP contribution is -2.15. The highest BCUT2D eigenvalue weighted by atomic mass is 16.5. The minimum absolute atomic E-state index is 0.204. The maximum atomic E-state index is 10.7. The Morgan fingerprint density at radius 2 is 1.82 bits per heavy atom. The third-order valence-corrected chi connectivity index (χ3v) is 2.18. The van der Waals surface area contributed by atoms with Crippen molar-refractivity contribution in [1.29, 1.82) is 0 Å². The Hall–Kier alpha value is -2.04. The highest BCUT2D eigenvalue weighted by Gasteiger charge is 2.06. The fraction of sp³-hybridized carbons (Fsp3) is 0.333. The van der Waals surface area contributed by atoms with Gasteiger partial charge in [0.05, 0.1) is 19.9 Å². The van der Waals surface area contributed by atoms with Gasteiger partial charge in [-0.15, -0.1) is 0 Å². The van der Waals surface area contributed by atoms with Crippen LogP contribution in [-0.2, 0) is 4.79 Å². The van der Waals surface area contributed by atoms with Crippen LogP contribution in [0.15, 0.2) is 23.3 Å². The summed E-state index contributed by atoms with van der Waals surface area (Å²) in [5.41, 5.74) is 3.94. The highest BCUT2D eigenvalue weighted by molar-refractivity contribution is 5.99. The van der Waals surface area contributed by atoms with Crippen LogP contribution in [0.1, 0.15) is 19.4 Å². The molecule has 1 N–H and O–H groups in total. The minimum Gasteiger partial charge on any atom is -0.493 e. The topological polar surface area (TPSA) is 59.9 Å². The van der Waals surface area contributed by atoms with Crippen molar-refractivity contribution >= 4 is 11.6 Å². The van der Waals surface area contributed by atoms with Crippen molar-refractivity contribution in [3.63, 3.8) is 0 Å². The normalized spacial score (nSPS) is 10.9. The fourth-order valence-electron chi connectivity index (χ4n) is 1.29. The molecule has 0 aliphatic carbocycles. The molecule has 0 atom stereocenters. The van der Waals surface area contributed by atoms with E-state index in [2.05, 4.69) is 10.5 Å². The van der Waals surface area contributed by atoms with Gasteiger partial charge in [0.25, 0.3) is 0 Å². The Bertz CT molecular complexity index is 441. The second kappa shape index (κ2) is 5.89. The second-order valence-corrected chi connectivity index (χ2v) is 3.43. The predicted molar refractivity (Wildman–Crippen MR) is 65.6 cm³/mol. The number of hydrazone groups is 1. The summed E-state index contributed by atoms with van der Waals surface area (Å²) in [6, 6.07) is 5.45. The second-order valence-electron chi connectivity index (χ2n) is 3.43. The molecule has 0 bridgehead atoms. The summed E-state index contributed by atoms with van der Waals surface area (Å²) >= 11 is 0. The zero-order valence-corrected chi connectivity index (χ0v) is 10.4. The van der Waals surface area contributed by atoms with Gasteiger partial charge in [-0.25, -0.2) is 5.43 Å². The van der Waals surface area contributed by atoms with Crippen molar-refractivity contribution in [1.82, 2.24) is 5.43 Å². The Morgan fingerprint density at radius 3 is 2.35 bits per heavy atom. The first-order valence-corrected chi connectivity index (χ1v) is 5.11. The van der Waals surface area contributed by atoms with E-state index >= 15 is 0 Å². The van der Waals surface area contributed by atoms with Gasteiger partial charge >= 0.3 is 0 Å².